The SMILES string of the molecule is CCN1C(=O)N[C@H](c2ccc(F)c(Br)c2)C(C(=O)OC)=C1C. The number of carbonyl (C=O) groups excluding carboxylic acids is 2. The molecule has 1 aromatic carbocycles. The summed E-state index contributed by atoms with van der Waals surface area (Å²) in [6, 6.07) is 3.36. The number of halogens is 2. The van der Waals surface area contributed by atoms with E-state index in [4.69, 9.17) is 4.74 Å². The zero-order chi connectivity index (χ0) is 16.4. The van der Waals surface area contributed by atoms with Crippen molar-refractivity contribution < 1.29 is 18.7 Å². The minimum absolute atomic E-state index is 0.263. The van der Waals surface area contributed by atoms with Gasteiger partial charge >= 0.3 is 12.0 Å². The first-order valence-electron chi connectivity index (χ1n) is 6.72. The van der Waals surface area contributed by atoms with E-state index in [-0.39, 0.29) is 10.5 Å². The van der Waals surface area contributed by atoms with Crippen LogP contribution in [0.5, 0.6) is 0 Å². The molecule has 1 heterocycles. The molecule has 0 spiro atoms. The third kappa shape index (κ3) is 2.85. The van der Waals surface area contributed by atoms with Crippen LogP contribution in [0, 0.1) is 5.82 Å². The predicted molar refractivity (Wildman–Crippen MR) is 82.5 cm³/mol. The summed E-state index contributed by atoms with van der Waals surface area (Å²) in [7, 11) is 1.28. The van der Waals surface area contributed by atoms with Gasteiger partial charge in [-0.1, -0.05) is 6.07 Å². The van der Waals surface area contributed by atoms with Gasteiger partial charge in [-0.05, 0) is 47.5 Å². The smallest absolute Gasteiger partial charge is 0.337 e. The number of benzene rings is 1. The average molecular weight is 371 g/mol. The number of allylic oxidation sites excluding steroid dienone is 1. The number of nitrogens with zero attached hydrogens (tertiary/aromatic N) is 1. The number of carbonyl (C=O) groups is 2. The minimum atomic E-state index is -0.681. The molecule has 0 saturated heterocycles. The van der Waals surface area contributed by atoms with Crippen LogP contribution in [0.4, 0.5) is 9.18 Å². The molecule has 1 aliphatic rings. The van der Waals surface area contributed by atoms with Gasteiger partial charge in [-0.25, -0.2) is 14.0 Å². The van der Waals surface area contributed by atoms with Gasteiger partial charge in [0, 0.05) is 12.2 Å². The number of methoxy groups -OCH3 is 1. The molecule has 2 rings (SSSR count). The van der Waals surface area contributed by atoms with Crippen LogP contribution in [-0.2, 0) is 9.53 Å². The normalized spacial score (nSPS) is 18.3. The van der Waals surface area contributed by atoms with Gasteiger partial charge in [0.15, 0.2) is 0 Å². The fraction of sp³-hybridized carbons (Fsp3) is 0.333. The van der Waals surface area contributed by atoms with Gasteiger partial charge in [-0.2, -0.15) is 0 Å². The molecule has 1 aromatic rings. The van der Waals surface area contributed by atoms with E-state index in [0.29, 0.717) is 23.4 Å². The van der Waals surface area contributed by atoms with Crippen molar-refractivity contribution in [3.8, 4) is 0 Å². The molecule has 0 aromatic heterocycles. The summed E-state index contributed by atoms with van der Waals surface area (Å²) in [6.45, 7) is 3.94. The van der Waals surface area contributed by atoms with E-state index in [0.717, 1.165) is 0 Å². The number of ether oxygens (including phenoxy) is 1. The highest BCUT2D eigenvalue weighted by Crippen LogP contribution is 2.32. The molecule has 0 bridgehead atoms. The average Bonchev–Trinajstić information content (AvgIpc) is 2.49. The lowest BCUT2D eigenvalue weighted by Gasteiger charge is -2.34. The fourth-order valence-corrected chi connectivity index (χ4v) is 2.87. The molecule has 1 aliphatic heterocycles. The lowest BCUT2D eigenvalue weighted by molar-refractivity contribution is -0.136. The molecule has 22 heavy (non-hydrogen) atoms. The molecule has 7 heteroatoms. The molecule has 5 nitrogen and oxygen atoms in total. The van der Waals surface area contributed by atoms with Crippen molar-refractivity contribution in [3.63, 3.8) is 0 Å². The highest BCUT2D eigenvalue weighted by molar-refractivity contribution is 9.10. The maximum absolute atomic E-state index is 13.4. The van der Waals surface area contributed by atoms with Gasteiger partial charge in [0.05, 0.1) is 23.2 Å². The molecule has 0 fully saturated rings. The number of amides is 2. The van der Waals surface area contributed by atoms with E-state index in [2.05, 4.69) is 21.2 Å². The molecule has 1 N–H and O–H groups in total. The van der Waals surface area contributed by atoms with Gasteiger partial charge in [0.25, 0.3) is 0 Å². The molecule has 0 saturated carbocycles. The zero-order valence-electron chi connectivity index (χ0n) is 12.4. The number of urea groups is 1. The van der Waals surface area contributed by atoms with Crippen molar-refractivity contribution in [1.29, 1.82) is 0 Å². The Labute approximate surface area is 136 Å². The van der Waals surface area contributed by atoms with Crippen LogP contribution < -0.4 is 5.32 Å². The van der Waals surface area contributed by atoms with Crippen LogP contribution >= 0.6 is 15.9 Å². The first kappa shape index (κ1) is 16.5. The Hall–Kier alpha value is -1.89. The maximum atomic E-state index is 13.4. The summed E-state index contributed by atoms with van der Waals surface area (Å²) in [5.74, 6) is -0.942. The number of nitrogens with one attached hydrogen (secondary N) is 1. The van der Waals surface area contributed by atoms with Crippen LogP contribution in [0.15, 0.2) is 33.9 Å². The van der Waals surface area contributed by atoms with Gasteiger partial charge in [-0.15, -0.1) is 0 Å². The Balaban J connectivity index is 2.57. The van der Waals surface area contributed by atoms with Crippen LogP contribution in [-0.4, -0.2) is 30.6 Å². The van der Waals surface area contributed by atoms with E-state index in [1.807, 2.05) is 6.92 Å². The summed E-state index contributed by atoms with van der Waals surface area (Å²) in [6.07, 6.45) is 0. The van der Waals surface area contributed by atoms with Gasteiger partial charge in [0.1, 0.15) is 5.82 Å². The molecule has 0 radical (unpaired) electrons. The molecule has 118 valence electrons. The highest BCUT2D eigenvalue weighted by Gasteiger charge is 2.35. The van der Waals surface area contributed by atoms with Crippen LogP contribution in [0.1, 0.15) is 25.5 Å². The first-order chi connectivity index (χ1) is 10.4. The monoisotopic (exact) mass is 370 g/mol. The lowest BCUT2D eigenvalue weighted by Crippen LogP contribution is -2.47. The standard InChI is InChI=1S/C15H16BrFN2O3/c1-4-19-8(2)12(14(20)22-3)13(18-15(19)21)9-5-6-11(17)10(16)7-9/h5-7,13H,4H2,1-3H3,(H,18,21)/t13-/m1/s1. The Morgan fingerprint density at radius 2 is 2.18 bits per heavy atom. The van der Waals surface area contributed by atoms with E-state index >= 15 is 0 Å². The van der Waals surface area contributed by atoms with E-state index in [1.54, 1.807) is 6.92 Å². The van der Waals surface area contributed by atoms with E-state index in [9.17, 15) is 14.0 Å². The summed E-state index contributed by atoms with van der Waals surface area (Å²) in [5.41, 5.74) is 1.46. The summed E-state index contributed by atoms with van der Waals surface area (Å²) in [5, 5.41) is 2.76. The summed E-state index contributed by atoms with van der Waals surface area (Å²) < 4.78 is 18.5. The third-order valence-corrected chi connectivity index (χ3v) is 4.20. The van der Waals surface area contributed by atoms with Crippen molar-refractivity contribution in [2.75, 3.05) is 13.7 Å². The second-order valence-corrected chi connectivity index (χ2v) is 5.65. The zero-order valence-corrected chi connectivity index (χ0v) is 14.0. The molecule has 0 unspecified atom stereocenters. The van der Waals surface area contributed by atoms with Gasteiger partial charge in [-0.3, -0.25) is 4.90 Å². The number of hydrogen-bond donors (Lipinski definition) is 1. The maximum Gasteiger partial charge on any atom is 0.337 e. The second kappa shape index (κ2) is 6.48. The van der Waals surface area contributed by atoms with Crippen molar-refractivity contribution in [2.24, 2.45) is 0 Å². The second-order valence-electron chi connectivity index (χ2n) is 4.79. The molecule has 0 aliphatic carbocycles. The number of hydrogen-bond acceptors (Lipinski definition) is 3. The van der Waals surface area contributed by atoms with Gasteiger partial charge in [0.2, 0.25) is 0 Å². The van der Waals surface area contributed by atoms with Crippen molar-refractivity contribution in [3.05, 3.63) is 45.3 Å². The van der Waals surface area contributed by atoms with Crippen LogP contribution in [0.2, 0.25) is 0 Å². The first-order valence-corrected chi connectivity index (χ1v) is 7.52. The van der Waals surface area contributed by atoms with Crippen molar-refractivity contribution in [1.82, 2.24) is 10.2 Å². The number of rotatable bonds is 3. The Bertz CT molecular complexity index is 660. The Morgan fingerprint density at radius 3 is 2.73 bits per heavy atom. The van der Waals surface area contributed by atoms with Crippen LogP contribution in [0.25, 0.3) is 0 Å². The molecular weight excluding hydrogens is 355 g/mol. The minimum Gasteiger partial charge on any atom is -0.466 e. The summed E-state index contributed by atoms with van der Waals surface area (Å²) in [4.78, 5) is 25.8. The predicted octanol–water partition coefficient (Wildman–Crippen LogP) is 3.12. The van der Waals surface area contributed by atoms with E-state index < -0.39 is 17.8 Å². The van der Waals surface area contributed by atoms with E-state index in [1.165, 1.54) is 30.2 Å². The lowest BCUT2D eigenvalue weighted by atomic mass is 9.95. The topological polar surface area (TPSA) is 58.6 Å². The third-order valence-electron chi connectivity index (χ3n) is 3.59. The Morgan fingerprint density at radius 1 is 1.50 bits per heavy atom. The molecular formula is C15H16BrFN2O3. The fourth-order valence-electron chi connectivity index (χ4n) is 2.48. The molecule has 1 atom stereocenters. The Kier molecular flexibility index (Phi) is 4.85. The molecule has 2 amide bonds. The van der Waals surface area contributed by atoms with Crippen LogP contribution in [0.3, 0.4) is 0 Å². The largest absolute Gasteiger partial charge is 0.466 e. The highest BCUT2D eigenvalue weighted by atomic mass is 79.9. The van der Waals surface area contributed by atoms with Crippen molar-refractivity contribution >= 4 is 27.9 Å². The van der Waals surface area contributed by atoms with Crippen molar-refractivity contribution in [2.45, 2.75) is 19.9 Å². The number of esters is 1. The summed E-state index contributed by atoms with van der Waals surface area (Å²) >= 11 is 3.11. The van der Waals surface area contributed by atoms with Gasteiger partial charge < -0.3 is 10.1 Å². The quantitative estimate of drug-likeness (QED) is 0.831.